The zero-order valence-electron chi connectivity index (χ0n) is 14.0. The van der Waals surface area contributed by atoms with Crippen LogP contribution in [0.15, 0.2) is 30.3 Å². The van der Waals surface area contributed by atoms with E-state index in [-0.39, 0.29) is 24.2 Å². The zero-order valence-corrected chi connectivity index (χ0v) is 14.0. The highest BCUT2D eigenvalue weighted by molar-refractivity contribution is 5.89. The van der Waals surface area contributed by atoms with Crippen LogP contribution in [-0.4, -0.2) is 41.0 Å². The molecule has 0 bridgehead atoms. The van der Waals surface area contributed by atoms with Crippen LogP contribution in [0, 0.1) is 11.8 Å². The first-order chi connectivity index (χ1) is 11.6. The summed E-state index contributed by atoms with van der Waals surface area (Å²) in [6.45, 7) is 1.31. The number of nitrogens with zero attached hydrogens (tertiary/aromatic N) is 1. The molecule has 5 heteroatoms. The molecule has 3 rings (SSSR count). The quantitative estimate of drug-likeness (QED) is 0.834. The van der Waals surface area contributed by atoms with E-state index in [2.05, 4.69) is 5.32 Å². The molecule has 0 aromatic heterocycles. The van der Waals surface area contributed by atoms with Crippen molar-refractivity contribution in [1.82, 2.24) is 10.2 Å². The largest absolute Gasteiger partial charge is 0.391 e. The van der Waals surface area contributed by atoms with Crippen LogP contribution in [0.2, 0.25) is 0 Å². The predicted molar refractivity (Wildman–Crippen MR) is 90.9 cm³/mol. The SMILES string of the molecule is O=C(NCC(O)C1CCCC1)C1CC(=O)N(Cc2ccccc2)C1. The molecule has 24 heavy (non-hydrogen) atoms. The molecule has 2 amide bonds. The maximum Gasteiger partial charge on any atom is 0.225 e. The zero-order chi connectivity index (χ0) is 16.9. The summed E-state index contributed by atoms with van der Waals surface area (Å²) in [6.07, 6.45) is 4.22. The van der Waals surface area contributed by atoms with Gasteiger partial charge in [-0.2, -0.15) is 0 Å². The molecule has 0 spiro atoms. The van der Waals surface area contributed by atoms with Crippen LogP contribution in [0.1, 0.15) is 37.7 Å². The second kappa shape index (κ2) is 7.79. The Morgan fingerprint density at radius 1 is 1.25 bits per heavy atom. The van der Waals surface area contributed by atoms with Crippen molar-refractivity contribution in [3.05, 3.63) is 35.9 Å². The lowest BCUT2D eigenvalue weighted by Gasteiger charge is -2.20. The normalized spacial score (nSPS) is 22.8. The summed E-state index contributed by atoms with van der Waals surface area (Å²) in [5, 5.41) is 13.0. The Balaban J connectivity index is 1.46. The standard InChI is InChI=1S/C19H26N2O3/c22-17(15-8-4-5-9-15)11-20-19(24)16-10-18(23)21(13-16)12-14-6-2-1-3-7-14/h1-3,6-7,15-17,22H,4-5,8-13H2,(H,20,24). The predicted octanol–water partition coefficient (Wildman–Crippen LogP) is 1.70. The number of benzene rings is 1. The number of likely N-dealkylation sites (tertiary alicyclic amines) is 1. The molecule has 130 valence electrons. The van der Waals surface area contributed by atoms with Crippen molar-refractivity contribution in [3.63, 3.8) is 0 Å². The summed E-state index contributed by atoms with van der Waals surface area (Å²) in [5.41, 5.74) is 1.07. The lowest BCUT2D eigenvalue weighted by Crippen LogP contribution is -2.39. The molecule has 2 N–H and O–H groups in total. The maximum atomic E-state index is 12.3. The van der Waals surface area contributed by atoms with Gasteiger partial charge in [0.15, 0.2) is 0 Å². The minimum atomic E-state index is -0.464. The van der Waals surface area contributed by atoms with Crippen molar-refractivity contribution in [1.29, 1.82) is 0 Å². The highest BCUT2D eigenvalue weighted by Gasteiger charge is 2.34. The smallest absolute Gasteiger partial charge is 0.225 e. The second-order valence-electron chi connectivity index (χ2n) is 7.02. The molecule has 1 aromatic rings. The molecule has 1 saturated heterocycles. The van der Waals surface area contributed by atoms with E-state index in [0.717, 1.165) is 18.4 Å². The highest BCUT2D eigenvalue weighted by atomic mass is 16.3. The van der Waals surface area contributed by atoms with Gasteiger partial charge in [-0.05, 0) is 24.3 Å². The van der Waals surface area contributed by atoms with Crippen molar-refractivity contribution >= 4 is 11.8 Å². The van der Waals surface area contributed by atoms with Gasteiger partial charge in [-0.1, -0.05) is 43.2 Å². The fourth-order valence-electron chi connectivity index (χ4n) is 3.76. The number of aliphatic hydroxyl groups is 1. The lowest BCUT2D eigenvalue weighted by atomic mass is 10.0. The Kier molecular flexibility index (Phi) is 5.51. The Morgan fingerprint density at radius 3 is 2.67 bits per heavy atom. The molecule has 1 aliphatic carbocycles. The van der Waals surface area contributed by atoms with Crippen LogP contribution in [0.5, 0.6) is 0 Å². The first kappa shape index (κ1) is 17.0. The minimum absolute atomic E-state index is 0.0235. The summed E-state index contributed by atoms with van der Waals surface area (Å²) in [6, 6.07) is 9.81. The van der Waals surface area contributed by atoms with E-state index in [1.54, 1.807) is 4.90 Å². The number of nitrogens with one attached hydrogen (secondary N) is 1. The van der Waals surface area contributed by atoms with Crippen LogP contribution in [-0.2, 0) is 16.1 Å². The van der Waals surface area contributed by atoms with Crippen molar-refractivity contribution in [2.24, 2.45) is 11.8 Å². The number of amides is 2. The summed E-state index contributed by atoms with van der Waals surface area (Å²) in [7, 11) is 0. The maximum absolute atomic E-state index is 12.3. The molecule has 1 saturated carbocycles. The van der Waals surface area contributed by atoms with E-state index in [9.17, 15) is 14.7 Å². The summed E-state index contributed by atoms with van der Waals surface area (Å²) in [5.74, 6) is -0.0895. The van der Waals surface area contributed by atoms with Gasteiger partial charge in [0.2, 0.25) is 11.8 Å². The first-order valence-electron chi connectivity index (χ1n) is 8.91. The Labute approximate surface area is 143 Å². The molecule has 0 radical (unpaired) electrons. The van der Waals surface area contributed by atoms with Crippen LogP contribution in [0.3, 0.4) is 0 Å². The van der Waals surface area contributed by atoms with E-state index in [1.807, 2.05) is 30.3 Å². The molecule has 2 aliphatic rings. The van der Waals surface area contributed by atoms with Gasteiger partial charge in [0.25, 0.3) is 0 Å². The van der Waals surface area contributed by atoms with E-state index in [1.165, 1.54) is 12.8 Å². The van der Waals surface area contributed by atoms with E-state index >= 15 is 0 Å². The first-order valence-corrected chi connectivity index (χ1v) is 8.91. The minimum Gasteiger partial charge on any atom is -0.391 e. The van der Waals surface area contributed by atoms with Gasteiger partial charge in [-0.3, -0.25) is 9.59 Å². The van der Waals surface area contributed by atoms with Crippen molar-refractivity contribution in [2.45, 2.75) is 44.8 Å². The molecule has 2 fully saturated rings. The van der Waals surface area contributed by atoms with Crippen molar-refractivity contribution in [3.8, 4) is 0 Å². The fraction of sp³-hybridized carbons (Fsp3) is 0.579. The number of aliphatic hydroxyl groups excluding tert-OH is 1. The average Bonchev–Trinajstić information content (AvgIpc) is 3.24. The Morgan fingerprint density at radius 2 is 1.96 bits per heavy atom. The molecular formula is C19H26N2O3. The summed E-state index contributed by atoms with van der Waals surface area (Å²) < 4.78 is 0. The van der Waals surface area contributed by atoms with E-state index in [4.69, 9.17) is 0 Å². The van der Waals surface area contributed by atoms with Gasteiger partial charge >= 0.3 is 0 Å². The molecule has 1 aromatic carbocycles. The lowest BCUT2D eigenvalue weighted by molar-refractivity contribution is -0.129. The molecule has 1 heterocycles. The summed E-state index contributed by atoms with van der Waals surface area (Å²) in [4.78, 5) is 26.2. The van der Waals surface area contributed by atoms with Gasteiger partial charge in [-0.15, -0.1) is 0 Å². The van der Waals surface area contributed by atoms with Crippen molar-refractivity contribution in [2.75, 3.05) is 13.1 Å². The number of carbonyl (C=O) groups excluding carboxylic acids is 2. The van der Waals surface area contributed by atoms with Gasteiger partial charge in [-0.25, -0.2) is 0 Å². The van der Waals surface area contributed by atoms with Crippen LogP contribution in [0.25, 0.3) is 0 Å². The van der Waals surface area contributed by atoms with Gasteiger partial charge in [0.05, 0.1) is 12.0 Å². The van der Waals surface area contributed by atoms with Gasteiger partial charge < -0.3 is 15.3 Å². The van der Waals surface area contributed by atoms with E-state index in [0.29, 0.717) is 25.6 Å². The molecule has 2 unspecified atom stereocenters. The number of rotatable bonds is 6. The highest BCUT2D eigenvalue weighted by Crippen LogP contribution is 2.27. The number of hydrogen-bond acceptors (Lipinski definition) is 3. The Bertz CT molecular complexity index is 569. The molecule has 1 aliphatic heterocycles. The van der Waals surface area contributed by atoms with Crippen LogP contribution < -0.4 is 5.32 Å². The van der Waals surface area contributed by atoms with Crippen molar-refractivity contribution < 1.29 is 14.7 Å². The number of carbonyl (C=O) groups is 2. The number of hydrogen-bond donors (Lipinski definition) is 2. The third kappa shape index (κ3) is 4.15. The van der Waals surface area contributed by atoms with Crippen LogP contribution >= 0.6 is 0 Å². The molecular weight excluding hydrogens is 304 g/mol. The summed E-state index contributed by atoms with van der Waals surface area (Å²) >= 11 is 0. The molecule has 2 atom stereocenters. The molecule has 5 nitrogen and oxygen atoms in total. The van der Waals surface area contributed by atoms with E-state index < -0.39 is 6.10 Å². The topological polar surface area (TPSA) is 69.6 Å². The van der Waals surface area contributed by atoms with Gasteiger partial charge in [0.1, 0.15) is 0 Å². The monoisotopic (exact) mass is 330 g/mol. The second-order valence-corrected chi connectivity index (χ2v) is 7.02. The third-order valence-electron chi connectivity index (χ3n) is 5.23. The third-order valence-corrected chi connectivity index (χ3v) is 5.23. The van der Waals surface area contributed by atoms with Gasteiger partial charge in [0, 0.05) is 26.1 Å². The Hall–Kier alpha value is -1.88. The fourth-order valence-corrected chi connectivity index (χ4v) is 3.76. The average molecular weight is 330 g/mol. The van der Waals surface area contributed by atoms with Crippen LogP contribution in [0.4, 0.5) is 0 Å².